The molecular formula is C25H22ClN5O2S. The summed E-state index contributed by atoms with van der Waals surface area (Å²) >= 11 is 7.15. The van der Waals surface area contributed by atoms with Gasteiger partial charge in [0.1, 0.15) is 0 Å². The molecule has 1 aromatic heterocycles. The third kappa shape index (κ3) is 5.84. The summed E-state index contributed by atoms with van der Waals surface area (Å²) in [5, 5.41) is 17.4. The predicted octanol–water partition coefficient (Wildman–Crippen LogP) is 4.93. The second-order valence-corrected chi connectivity index (χ2v) is 8.77. The number of amides is 2. The van der Waals surface area contributed by atoms with Crippen LogP contribution >= 0.6 is 23.4 Å². The Hall–Kier alpha value is -3.62. The number of aromatic nitrogens is 3. The summed E-state index contributed by atoms with van der Waals surface area (Å²) in [5.74, 6) is 0.346. The molecule has 2 amide bonds. The first-order valence-corrected chi connectivity index (χ1v) is 11.9. The number of fused-ring (bicyclic) bond motifs is 1. The van der Waals surface area contributed by atoms with Crippen LogP contribution in [0.15, 0.2) is 84.5 Å². The Morgan fingerprint density at radius 3 is 2.56 bits per heavy atom. The Kier molecular flexibility index (Phi) is 7.61. The van der Waals surface area contributed by atoms with Gasteiger partial charge in [0.25, 0.3) is 5.91 Å². The fraction of sp³-hybridized carbons (Fsp3) is 0.120. The summed E-state index contributed by atoms with van der Waals surface area (Å²) in [7, 11) is 0. The van der Waals surface area contributed by atoms with Crippen LogP contribution in [0.1, 0.15) is 16.2 Å². The number of hydrogen-bond acceptors (Lipinski definition) is 5. The van der Waals surface area contributed by atoms with Crippen LogP contribution in [0.4, 0.5) is 5.69 Å². The van der Waals surface area contributed by atoms with E-state index in [9.17, 15) is 9.59 Å². The van der Waals surface area contributed by atoms with Crippen molar-refractivity contribution in [1.29, 1.82) is 0 Å². The summed E-state index contributed by atoms with van der Waals surface area (Å²) in [6.45, 7) is 4.42. The second kappa shape index (κ2) is 11.0. The van der Waals surface area contributed by atoms with Crippen LogP contribution in [0.2, 0.25) is 5.02 Å². The van der Waals surface area contributed by atoms with Crippen molar-refractivity contribution >= 4 is 51.6 Å². The lowest BCUT2D eigenvalue weighted by Crippen LogP contribution is -2.24. The molecule has 0 spiro atoms. The van der Waals surface area contributed by atoms with E-state index in [2.05, 4.69) is 27.4 Å². The maximum atomic E-state index is 12.5. The molecule has 0 aliphatic rings. The van der Waals surface area contributed by atoms with E-state index in [0.29, 0.717) is 28.1 Å². The lowest BCUT2D eigenvalue weighted by Gasteiger charge is -2.09. The molecule has 0 aliphatic carbocycles. The van der Waals surface area contributed by atoms with Gasteiger partial charge in [0.2, 0.25) is 5.91 Å². The van der Waals surface area contributed by atoms with Crippen LogP contribution in [0.25, 0.3) is 10.8 Å². The summed E-state index contributed by atoms with van der Waals surface area (Å²) in [6.07, 6.45) is 1.72. The van der Waals surface area contributed by atoms with Crippen molar-refractivity contribution in [2.75, 3.05) is 11.1 Å². The number of nitrogens with zero attached hydrogens (tertiary/aromatic N) is 3. The van der Waals surface area contributed by atoms with Crippen LogP contribution in [0, 0.1) is 0 Å². The minimum Gasteiger partial charge on any atom is -0.345 e. The number of halogens is 1. The van der Waals surface area contributed by atoms with Crippen molar-refractivity contribution in [1.82, 2.24) is 20.1 Å². The SMILES string of the molecule is C=CCn1c(CNC(=O)c2ccc(Cl)cc2)nnc1SCC(=O)Nc1ccc2ccccc2c1. The lowest BCUT2D eigenvalue weighted by atomic mass is 10.1. The topological polar surface area (TPSA) is 88.9 Å². The summed E-state index contributed by atoms with van der Waals surface area (Å²) in [4.78, 5) is 24.9. The van der Waals surface area contributed by atoms with Crippen molar-refractivity contribution in [3.63, 3.8) is 0 Å². The number of allylic oxidation sites excluding steroid dienone is 1. The van der Waals surface area contributed by atoms with Gasteiger partial charge in [-0.25, -0.2) is 0 Å². The molecule has 0 saturated carbocycles. The lowest BCUT2D eigenvalue weighted by molar-refractivity contribution is -0.113. The van der Waals surface area contributed by atoms with Gasteiger partial charge in [-0.2, -0.15) is 0 Å². The quantitative estimate of drug-likeness (QED) is 0.256. The molecule has 0 saturated heterocycles. The van der Waals surface area contributed by atoms with Gasteiger partial charge < -0.3 is 15.2 Å². The first-order chi connectivity index (χ1) is 16.5. The van der Waals surface area contributed by atoms with Gasteiger partial charge in [0, 0.05) is 22.8 Å². The number of rotatable bonds is 9. The molecule has 2 N–H and O–H groups in total. The minimum atomic E-state index is -0.242. The van der Waals surface area contributed by atoms with E-state index in [1.807, 2.05) is 47.0 Å². The zero-order valence-corrected chi connectivity index (χ0v) is 19.8. The zero-order chi connectivity index (χ0) is 23.9. The molecule has 4 rings (SSSR count). The standard InChI is InChI=1S/C25H22ClN5O2S/c1-2-13-31-22(15-27-24(33)18-7-10-20(26)11-8-18)29-30-25(31)34-16-23(32)28-21-12-9-17-5-3-4-6-19(17)14-21/h2-12,14H,1,13,15-16H2,(H,27,33)(H,28,32). The second-order valence-electron chi connectivity index (χ2n) is 7.39. The molecule has 4 aromatic rings. The highest BCUT2D eigenvalue weighted by Crippen LogP contribution is 2.21. The Labute approximate surface area is 206 Å². The van der Waals surface area contributed by atoms with Crippen molar-refractivity contribution in [3.05, 3.63) is 95.8 Å². The first-order valence-electron chi connectivity index (χ1n) is 10.5. The Morgan fingerprint density at radius 1 is 1.03 bits per heavy atom. The Bertz CT molecular complexity index is 1340. The highest BCUT2D eigenvalue weighted by atomic mass is 35.5. The van der Waals surface area contributed by atoms with E-state index in [0.717, 1.165) is 16.5 Å². The van der Waals surface area contributed by atoms with Crippen LogP contribution < -0.4 is 10.6 Å². The fourth-order valence-corrected chi connectivity index (χ4v) is 4.22. The largest absolute Gasteiger partial charge is 0.345 e. The number of anilines is 1. The van der Waals surface area contributed by atoms with Gasteiger partial charge in [-0.15, -0.1) is 16.8 Å². The van der Waals surface area contributed by atoms with Gasteiger partial charge in [-0.05, 0) is 47.2 Å². The molecule has 3 aromatic carbocycles. The molecule has 0 unspecified atom stereocenters. The molecule has 0 fully saturated rings. The van der Waals surface area contributed by atoms with Crippen molar-refractivity contribution in [2.24, 2.45) is 0 Å². The number of hydrogen-bond donors (Lipinski definition) is 2. The molecule has 1 heterocycles. The Morgan fingerprint density at radius 2 is 1.79 bits per heavy atom. The van der Waals surface area contributed by atoms with Crippen LogP contribution in [0.3, 0.4) is 0 Å². The monoisotopic (exact) mass is 491 g/mol. The summed E-state index contributed by atoms with van der Waals surface area (Å²) < 4.78 is 1.82. The van der Waals surface area contributed by atoms with E-state index in [1.165, 1.54) is 11.8 Å². The minimum absolute atomic E-state index is 0.147. The van der Waals surface area contributed by atoms with Crippen molar-refractivity contribution in [3.8, 4) is 0 Å². The third-order valence-electron chi connectivity index (χ3n) is 4.98. The molecule has 7 nitrogen and oxygen atoms in total. The van der Waals surface area contributed by atoms with E-state index in [4.69, 9.17) is 11.6 Å². The Balaban J connectivity index is 1.36. The number of carbonyl (C=O) groups excluding carboxylic acids is 2. The number of benzene rings is 3. The average Bonchev–Trinajstić information content (AvgIpc) is 3.23. The maximum absolute atomic E-state index is 12.5. The molecular weight excluding hydrogens is 470 g/mol. The zero-order valence-electron chi connectivity index (χ0n) is 18.2. The smallest absolute Gasteiger partial charge is 0.251 e. The fourth-order valence-electron chi connectivity index (χ4n) is 3.33. The van der Waals surface area contributed by atoms with Crippen LogP contribution in [-0.2, 0) is 17.9 Å². The summed E-state index contributed by atoms with van der Waals surface area (Å²) in [6, 6.07) is 20.4. The highest BCUT2D eigenvalue weighted by Gasteiger charge is 2.15. The number of carbonyl (C=O) groups is 2. The first kappa shape index (κ1) is 23.5. The average molecular weight is 492 g/mol. The van der Waals surface area contributed by atoms with Gasteiger partial charge in [-0.1, -0.05) is 59.8 Å². The molecule has 172 valence electrons. The maximum Gasteiger partial charge on any atom is 0.251 e. The summed E-state index contributed by atoms with van der Waals surface area (Å²) in [5.41, 5.74) is 1.24. The van der Waals surface area contributed by atoms with E-state index < -0.39 is 0 Å². The van der Waals surface area contributed by atoms with Crippen LogP contribution in [-0.4, -0.2) is 32.3 Å². The highest BCUT2D eigenvalue weighted by molar-refractivity contribution is 7.99. The van der Waals surface area contributed by atoms with Gasteiger partial charge in [0.05, 0.1) is 12.3 Å². The van der Waals surface area contributed by atoms with E-state index in [1.54, 1.807) is 30.3 Å². The number of thioether (sulfide) groups is 1. The molecule has 34 heavy (non-hydrogen) atoms. The van der Waals surface area contributed by atoms with Crippen molar-refractivity contribution < 1.29 is 9.59 Å². The van der Waals surface area contributed by atoms with Gasteiger partial charge >= 0.3 is 0 Å². The molecule has 0 radical (unpaired) electrons. The van der Waals surface area contributed by atoms with E-state index >= 15 is 0 Å². The van der Waals surface area contributed by atoms with Gasteiger partial charge in [-0.3, -0.25) is 9.59 Å². The normalized spacial score (nSPS) is 10.7. The number of nitrogens with one attached hydrogen (secondary N) is 2. The van der Waals surface area contributed by atoms with Gasteiger partial charge in [0.15, 0.2) is 11.0 Å². The van der Waals surface area contributed by atoms with Crippen molar-refractivity contribution in [2.45, 2.75) is 18.2 Å². The molecule has 9 heteroatoms. The molecule has 0 bridgehead atoms. The predicted molar refractivity (Wildman–Crippen MR) is 136 cm³/mol. The molecule has 0 atom stereocenters. The third-order valence-corrected chi connectivity index (χ3v) is 6.20. The van der Waals surface area contributed by atoms with E-state index in [-0.39, 0.29) is 24.1 Å². The molecule has 0 aliphatic heterocycles. The van der Waals surface area contributed by atoms with Crippen LogP contribution in [0.5, 0.6) is 0 Å².